The van der Waals surface area contributed by atoms with Gasteiger partial charge in [-0.3, -0.25) is 0 Å². The summed E-state index contributed by atoms with van der Waals surface area (Å²) in [6, 6.07) is 0. The Labute approximate surface area is 158 Å². The van der Waals surface area contributed by atoms with Gasteiger partial charge in [-0.15, -0.1) is 0 Å². The number of unbranched alkanes of at least 4 members (excludes halogenated alkanes) is 2. The maximum absolute atomic E-state index is 6.34. The molecule has 0 radical (unpaired) electrons. The van der Waals surface area contributed by atoms with E-state index in [1.807, 2.05) is 0 Å². The minimum absolute atomic E-state index is 0.821. The number of hydrogen-bond donors (Lipinski definition) is 0. The minimum atomic E-state index is 0.821. The summed E-state index contributed by atoms with van der Waals surface area (Å²) in [6.07, 6.45) is 15.2. The molecule has 0 saturated carbocycles. The number of rotatable bonds is 14. The second-order valence-electron chi connectivity index (χ2n) is 7.85. The Hall–Kier alpha value is -0.720. The Morgan fingerprint density at radius 1 is 0.640 bits per heavy atom. The monoisotopic (exact) mass is 348 g/mol. The molecular formula is C24H44O. The first-order valence-electron chi connectivity index (χ1n) is 11.3. The molecule has 0 aliphatic heterocycles. The van der Waals surface area contributed by atoms with Crippen molar-refractivity contribution in [3.8, 4) is 0 Å². The number of furan rings is 1. The first-order chi connectivity index (χ1) is 12.1. The largest absolute Gasteiger partial charge is 0.466 e. The zero-order valence-electron chi connectivity index (χ0n) is 18.0. The van der Waals surface area contributed by atoms with Crippen LogP contribution >= 0.6 is 0 Å². The second kappa shape index (κ2) is 12.6. The number of hydrogen-bond acceptors (Lipinski definition) is 1. The first kappa shape index (κ1) is 22.3. The Bertz CT molecular complexity index is 416. The number of aryl methyl sites for hydroxylation is 2. The summed E-state index contributed by atoms with van der Waals surface area (Å²) in [7, 11) is 0. The molecule has 2 unspecified atom stereocenters. The summed E-state index contributed by atoms with van der Waals surface area (Å²) in [4.78, 5) is 0. The van der Waals surface area contributed by atoms with Crippen LogP contribution in [0.4, 0.5) is 0 Å². The Morgan fingerprint density at radius 2 is 1.04 bits per heavy atom. The van der Waals surface area contributed by atoms with E-state index in [-0.39, 0.29) is 0 Å². The van der Waals surface area contributed by atoms with Gasteiger partial charge in [0.15, 0.2) is 0 Å². The summed E-state index contributed by atoms with van der Waals surface area (Å²) in [5.41, 5.74) is 3.19. The molecule has 0 aromatic carbocycles. The summed E-state index contributed by atoms with van der Waals surface area (Å²) < 4.78 is 6.34. The lowest BCUT2D eigenvalue weighted by Gasteiger charge is -2.19. The van der Waals surface area contributed by atoms with Crippen LogP contribution in [0.1, 0.15) is 116 Å². The molecule has 0 aliphatic carbocycles. The van der Waals surface area contributed by atoms with Gasteiger partial charge in [-0.1, -0.05) is 92.9 Å². The van der Waals surface area contributed by atoms with Crippen LogP contribution in [0.2, 0.25) is 0 Å². The van der Waals surface area contributed by atoms with Crippen LogP contribution in [0, 0.1) is 11.8 Å². The zero-order chi connectivity index (χ0) is 18.7. The van der Waals surface area contributed by atoms with Crippen LogP contribution in [0.25, 0.3) is 0 Å². The van der Waals surface area contributed by atoms with Crippen LogP contribution in [0.15, 0.2) is 4.42 Å². The zero-order valence-corrected chi connectivity index (χ0v) is 18.0. The van der Waals surface area contributed by atoms with Crippen LogP contribution in [-0.2, 0) is 25.7 Å². The molecule has 1 nitrogen and oxygen atoms in total. The summed E-state index contributed by atoms with van der Waals surface area (Å²) in [5.74, 6) is 4.21. The topological polar surface area (TPSA) is 13.1 Å². The minimum Gasteiger partial charge on any atom is -0.466 e. The lowest BCUT2D eigenvalue weighted by Crippen LogP contribution is -2.10. The van der Waals surface area contributed by atoms with Crippen molar-refractivity contribution < 1.29 is 4.42 Å². The summed E-state index contributed by atoms with van der Waals surface area (Å²) in [6.45, 7) is 13.9. The van der Waals surface area contributed by atoms with Gasteiger partial charge in [-0.2, -0.15) is 0 Å². The van der Waals surface area contributed by atoms with Crippen molar-refractivity contribution in [3.05, 3.63) is 22.6 Å². The van der Waals surface area contributed by atoms with E-state index < -0.39 is 0 Å². The normalized spacial score (nSPS) is 14.0. The maximum Gasteiger partial charge on any atom is 0.107 e. The van der Waals surface area contributed by atoms with Gasteiger partial charge >= 0.3 is 0 Å². The SMILES string of the molecule is CCCCC(CC)Cc1c(CC)oc(CC)c1CC(CC)CCCC. The fourth-order valence-corrected chi connectivity index (χ4v) is 4.12. The highest BCUT2D eigenvalue weighted by Gasteiger charge is 2.22. The van der Waals surface area contributed by atoms with Crippen molar-refractivity contribution in [1.82, 2.24) is 0 Å². The van der Waals surface area contributed by atoms with Gasteiger partial charge in [-0.05, 0) is 35.8 Å². The van der Waals surface area contributed by atoms with E-state index in [1.165, 1.54) is 75.7 Å². The van der Waals surface area contributed by atoms with Crippen LogP contribution in [0.5, 0.6) is 0 Å². The molecular weight excluding hydrogens is 304 g/mol. The first-order valence-corrected chi connectivity index (χ1v) is 11.3. The molecule has 0 N–H and O–H groups in total. The molecule has 0 bridgehead atoms. The van der Waals surface area contributed by atoms with Crippen molar-refractivity contribution in [2.45, 2.75) is 119 Å². The molecule has 0 saturated heterocycles. The third-order valence-electron chi connectivity index (χ3n) is 6.00. The predicted molar refractivity (Wildman–Crippen MR) is 111 cm³/mol. The molecule has 1 aromatic heterocycles. The molecule has 25 heavy (non-hydrogen) atoms. The Balaban J connectivity index is 3.05. The predicted octanol–water partition coefficient (Wildman–Crippen LogP) is 7.92. The molecule has 146 valence electrons. The fourth-order valence-electron chi connectivity index (χ4n) is 4.12. The lowest BCUT2D eigenvalue weighted by molar-refractivity contribution is 0.434. The Morgan fingerprint density at radius 3 is 1.32 bits per heavy atom. The Kier molecular flexibility index (Phi) is 11.3. The average Bonchev–Trinajstić information content (AvgIpc) is 2.98. The van der Waals surface area contributed by atoms with E-state index in [2.05, 4.69) is 41.5 Å². The summed E-state index contributed by atoms with van der Waals surface area (Å²) >= 11 is 0. The fraction of sp³-hybridized carbons (Fsp3) is 0.833. The molecule has 0 spiro atoms. The van der Waals surface area contributed by atoms with Crippen molar-refractivity contribution in [3.63, 3.8) is 0 Å². The molecule has 0 aliphatic rings. The standard InChI is InChI=1S/C24H44O/c1-7-13-15-19(9-3)17-21-22(18-20(10-4)16-14-8-2)24(12-6)25-23(21)11-5/h19-20H,7-18H2,1-6H3. The van der Waals surface area contributed by atoms with Crippen LogP contribution in [0.3, 0.4) is 0 Å². The molecule has 1 aromatic rings. The highest BCUT2D eigenvalue weighted by molar-refractivity contribution is 5.35. The molecule has 2 atom stereocenters. The van der Waals surface area contributed by atoms with Crippen molar-refractivity contribution in [2.24, 2.45) is 11.8 Å². The van der Waals surface area contributed by atoms with Crippen molar-refractivity contribution >= 4 is 0 Å². The van der Waals surface area contributed by atoms with Gasteiger partial charge in [0.05, 0.1) is 0 Å². The van der Waals surface area contributed by atoms with E-state index in [0.717, 1.165) is 24.7 Å². The van der Waals surface area contributed by atoms with Crippen LogP contribution in [-0.4, -0.2) is 0 Å². The van der Waals surface area contributed by atoms with Gasteiger partial charge in [0.2, 0.25) is 0 Å². The highest BCUT2D eigenvalue weighted by atomic mass is 16.3. The van der Waals surface area contributed by atoms with Gasteiger partial charge in [0.25, 0.3) is 0 Å². The van der Waals surface area contributed by atoms with E-state index in [0.29, 0.717) is 0 Å². The molecule has 0 amide bonds. The van der Waals surface area contributed by atoms with Gasteiger partial charge in [0.1, 0.15) is 11.5 Å². The third kappa shape index (κ3) is 6.83. The van der Waals surface area contributed by atoms with E-state index in [9.17, 15) is 0 Å². The lowest BCUT2D eigenvalue weighted by atomic mass is 9.85. The van der Waals surface area contributed by atoms with Gasteiger partial charge in [0, 0.05) is 12.8 Å². The third-order valence-corrected chi connectivity index (χ3v) is 6.00. The van der Waals surface area contributed by atoms with E-state index >= 15 is 0 Å². The van der Waals surface area contributed by atoms with Crippen LogP contribution < -0.4 is 0 Å². The summed E-state index contributed by atoms with van der Waals surface area (Å²) in [5, 5.41) is 0. The van der Waals surface area contributed by atoms with E-state index in [4.69, 9.17) is 4.42 Å². The van der Waals surface area contributed by atoms with Crippen molar-refractivity contribution in [1.29, 1.82) is 0 Å². The molecule has 1 rings (SSSR count). The van der Waals surface area contributed by atoms with Gasteiger partial charge < -0.3 is 4.42 Å². The molecule has 0 fully saturated rings. The highest BCUT2D eigenvalue weighted by Crippen LogP contribution is 2.32. The van der Waals surface area contributed by atoms with Gasteiger partial charge in [-0.25, -0.2) is 0 Å². The quantitative estimate of drug-likeness (QED) is 0.333. The maximum atomic E-state index is 6.34. The second-order valence-corrected chi connectivity index (χ2v) is 7.85. The molecule has 1 heterocycles. The van der Waals surface area contributed by atoms with Crippen molar-refractivity contribution in [2.75, 3.05) is 0 Å². The smallest absolute Gasteiger partial charge is 0.107 e. The molecule has 1 heteroatoms. The average molecular weight is 349 g/mol. The van der Waals surface area contributed by atoms with E-state index in [1.54, 1.807) is 11.1 Å².